The maximum Gasteiger partial charge on any atom is 0.272 e. The largest absolute Gasteiger partial charge is 0.389 e. The van der Waals surface area contributed by atoms with Crippen LogP contribution < -0.4 is 5.73 Å². The van der Waals surface area contributed by atoms with Crippen molar-refractivity contribution in [3.63, 3.8) is 0 Å². The van der Waals surface area contributed by atoms with Crippen LogP contribution in [0.3, 0.4) is 0 Å². The molecule has 0 radical (unpaired) electrons. The van der Waals surface area contributed by atoms with Crippen LogP contribution in [0.25, 0.3) is 0 Å². The highest BCUT2D eigenvalue weighted by Crippen LogP contribution is 2.14. The zero-order valence-electron chi connectivity index (χ0n) is 11.0. The summed E-state index contributed by atoms with van der Waals surface area (Å²) in [5, 5.41) is 0. The Morgan fingerprint density at radius 3 is 2.84 bits per heavy atom. The number of amides is 1. The molecular weight excluding hydrogens is 262 g/mol. The quantitative estimate of drug-likeness (QED) is 0.817. The third-order valence-corrected chi connectivity index (χ3v) is 3.37. The third kappa shape index (κ3) is 3.08. The standard InChI is InChI=1S/C13H17N3O2S/c1-8-7-18-9(2)6-16(8)13(17)11-4-3-10(5-15-11)12(14)19/h3-5,8-9H,6-7H2,1-2H3,(H2,14,19). The number of pyridine rings is 1. The highest BCUT2D eigenvalue weighted by Gasteiger charge is 2.28. The molecule has 1 fully saturated rings. The van der Waals surface area contributed by atoms with E-state index in [1.165, 1.54) is 6.20 Å². The van der Waals surface area contributed by atoms with Gasteiger partial charge in [0, 0.05) is 18.3 Å². The Hall–Kier alpha value is -1.53. The molecule has 1 aromatic rings. The number of aromatic nitrogens is 1. The molecule has 2 heterocycles. The van der Waals surface area contributed by atoms with Crippen molar-refractivity contribution in [1.82, 2.24) is 9.88 Å². The van der Waals surface area contributed by atoms with Crippen molar-refractivity contribution in [1.29, 1.82) is 0 Å². The number of nitrogens with zero attached hydrogens (tertiary/aromatic N) is 2. The van der Waals surface area contributed by atoms with Gasteiger partial charge in [0.05, 0.1) is 18.8 Å². The van der Waals surface area contributed by atoms with Crippen molar-refractivity contribution in [2.45, 2.75) is 26.0 Å². The van der Waals surface area contributed by atoms with Gasteiger partial charge >= 0.3 is 0 Å². The van der Waals surface area contributed by atoms with E-state index in [1.807, 2.05) is 13.8 Å². The number of carbonyl (C=O) groups is 1. The zero-order chi connectivity index (χ0) is 14.0. The number of ether oxygens (including phenoxy) is 1. The molecule has 2 unspecified atom stereocenters. The molecule has 0 spiro atoms. The first-order valence-corrected chi connectivity index (χ1v) is 6.58. The fourth-order valence-corrected chi connectivity index (χ4v) is 2.12. The normalized spacial score (nSPS) is 23.2. The monoisotopic (exact) mass is 279 g/mol. The van der Waals surface area contributed by atoms with Gasteiger partial charge in [0.1, 0.15) is 10.7 Å². The number of carbonyl (C=O) groups excluding carboxylic acids is 1. The van der Waals surface area contributed by atoms with Gasteiger partial charge < -0.3 is 15.4 Å². The highest BCUT2D eigenvalue weighted by atomic mass is 32.1. The molecule has 1 aliphatic rings. The molecule has 0 aliphatic carbocycles. The number of hydrogen-bond acceptors (Lipinski definition) is 4. The van der Waals surface area contributed by atoms with Crippen LogP contribution >= 0.6 is 12.2 Å². The summed E-state index contributed by atoms with van der Waals surface area (Å²) in [5.41, 5.74) is 6.57. The van der Waals surface area contributed by atoms with Crippen LogP contribution in [0, 0.1) is 0 Å². The SMILES string of the molecule is CC1CN(C(=O)c2ccc(C(N)=S)cn2)C(C)CO1. The van der Waals surface area contributed by atoms with Crippen molar-refractivity contribution < 1.29 is 9.53 Å². The summed E-state index contributed by atoms with van der Waals surface area (Å²) in [7, 11) is 0. The second kappa shape index (κ2) is 5.63. The van der Waals surface area contributed by atoms with Crippen molar-refractivity contribution in [2.75, 3.05) is 13.2 Å². The van der Waals surface area contributed by atoms with Gasteiger partial charge in [0.15, 0.2) is 0 Å². The van der Waals surface area contributed by atoms with Gasteiger partial charge in [-0.05, 0) is 26.0 Å². The highest BCUT2D eigenvalue weighted by molar-refractivity contribution is 7.80. The van der Waals surface area contributed by atoms with Crippen LogP contribution in [-0.2, 0) is 4.74 Å². The van der Waals surface area contributed by atoms with E-state index in [-0.39, 0.29) is 23.0 Å². The van der Waals surface area contributed by atoms with Crippen LogP contribution in [0.1, 0.15) is 29.9 Å². The minimum Gasteiger partial charge on any atom is -0.389 e. The molecule has 0 aromatic carbocycles. The minimum atomic E-state index is -0.0860. The Morgan fingerprint density at radius 1 is 1.53 bits per heavy atom. The lowest BCUT2D eigenvalue weighted by Crippen LogP contribution is -2.50. The summed E-state index contributed by atoms with van der Waals surface area (Å²) < 4.78 is 5.51. The van der Waals surface area contributed by atoms with E-state index in [1.54, 1.807) is 17.0 Å². The molecule has 2 N–H and O–H groups in total. The van der Waals surface area contributed by atoms with Crippen LogP contribution in [0.2, 0.25) is 0 Å². The Balaban J connectivity index is 2.16. The average molecular weight is 279 g/mol. The van der Waals surface area contributed by atoms with Crippen LogP contribution in [0.15, 0.2) is 18.3 Å². The van der Waals surface area contributed by atoms with Gasteiger partial charge in [-0.25, -0.2) is 0 Å². The maximum absolute atomic E-state index is 12.4. The average Bonchev–Trinajstić information content (AvgIpc) is 2.41. The molecule has 0 saturated carbocycles. The molecule has 5 nitrogen and oxygen atoms in total. The molecule has 1 amide bonds. The van der Waals surface area contributed by atoms with Crippen LogP contribution in [0.4, 0.5) is 0 Å². The summed E-state index contributed by atoms with van der Waals surface area (Å²) in [5.74, 6) is -0.0860. The van der Waals surface area contributed by atoms with Crippen LogP contribution in [0.5, 0.6) is 0 Å². The second-order valence-electron chi connectivity index (χ2n) is 4.75. The van der Waals surface area contributed by atoms with E-state index < -0.39 is 0 Å². The predicted octanol–water partition coefficient (Wildman–Crippen LogP) is 0.965. The Kier molecular flexibility index (Phi) is 4.11. The van der Waals surface area contributed by atoms with Crippen molar-refractivity contribution in [3.05, 3.63) is 29.6 Å². The van der Waals surface area contributed by atoms with Crippen molar-refractivity contribution >= 4 is 23.1 Å². The van der Waals surface area contributed by atoms with Gasteiger partial charge in [0.25, 0.3) is 5.91 Å². The van der Waals surface area contributed by atoms with Crippen molar-refractivity contribution in [3.8, 4) is 0 Å². The molecule has 102 valence electrons. The van der Waals surface area contributed by atoms with E-state index in [2.05, 4.69) is 4.98 Å². The molecule has 2 atom stereocenters. The van der Waals surface area contributed by atoms with Crippen molar-refractivity contribution in [2.24, 2.45) is 5.73 Å². The van der Waals surface area contributed by atoms with E-state index in [0.29, 0.717) is 24.4 Å². The Labute approximate surface area is 117 Å². The van der Waals surface area contributed by atoms with Gasteiger partial charge in [-0.15, -0.1) is 0 Å². The number of hydrogen-bond donors (Lipinski definition) is 1. The first-order chi connectivity index (χ1) is 8.99. The zero-order valence-corrected chi connectivity index (χ0v) is 11.8. The molecule has 19 heavy (non-hydrogen) atoms. The summed E-state index contributed by atoms with van der Waals surface area (Å²) in [6, 6.07) is 3.43. The Bertz CT molecular complexity index is 489. The number of thiocarbonyl (C=S) groups is 1. The summed E-state index contributed by atoms with van der Waals surface area (Å²) >= 11 is 4.86. The fourth-order valence-electron chi connectivity index (χ4n) is 2.00. The summed E-state index contributed by atoms with van der Waals surface area (Å²) in [6.45, 7) is 5.05. The number of rotatable bonds is 2. The van der Waals surface area contributed by atoms with Gasteiger partial charge in [0.2, 0.25) is 0 Å². The second-order valence-corrected chi connectivity index (χ2v) is 5.19. The molecular formula is C13H17N3O2S. The lowest BCUT2D eigenvalue weighted by atomic mass is 10.1. The van der Waals surface area contributed by atoms with E-state index in [0.717, 1.165) is 0 Å². The minimum absolute atomic E-state index is 0.0519. The lowest BCUT2D eigenvalue weighted by Gasteiger charge is -2.36. The lowest BCUT2D eigenvalue weighted by molar-refractivity contribution is -0.0389. The molecule has 1 aromatic heterocycles. The number of nitrogens with two attached hydrogens (primary N) is 1. The summed E-state index contributed by atoms with van der Waals surface area (Å²) in [6.07, 6.45) is 1.58. The smallest absolute Gasteiger partial charge is 0.272 e. The van der Waals surface area contributed by atoms with Gasteiger partial charge in [-0.2, -0.15) is 0 Å². The van der Waals surface area contributed by atoms with E-state index in [9.17, 15) is 4.79 Å². The van der Waals surface area contributed by atoms with Gasteiger partial charge in [-0.3, -0.25) is 9.78 Å². The predicted molar refractivity (Wildman–Crippen MR) is 76.0 cm³/mol. The fraction of sp³-hybridized carbons (Fsp3) is 0.462. The van der Waals surface area contributed by atoms with E-state index in [4.69, 9.17) is 22.7 Å². The maximum atomic E-state index is 12.4. The molecule has 1 saturated heterocycles. The molecule has 6 heteroatoms. The Morgan fingerprint density at radius 2 is 2.26 bits per heavy atom. The molecule has 1 aliphatic heterocycles. The third-order valence-electron chi connectivity index (χ3n) is 3.14. The topological polar surface area (TPSA) is 68.5 Å². The summed E-state index contributed by atoms with van der Waals surface area (Å²) in [4.78, 5) is 18.6. The molecule has 2 rings (SSSR count). The molecule has 0 bridgehead atoms. The first-order valence-electron chi connectivity index (χ1n) is 6.17. The number of morpholine rings is 1. The first kappa shape index (κ1) is 13.9. The van der Waals surface area contributed by atoms with Crippen LogP contribution in [-0.4, -0.2) is 46.1 Å². The van der Waals surface area contributed by atoms with Gasteiger partial charge in [-0.1, -0.05) is 12.2 Å². The van der Waals surface area contributed by atoms with E-state index >= 15 is 0 Å².